The number of ether oxygens (including phenoxy) is 2. The van der Waals surface area contributed by atoms with Crippen molar-refractivity contribution < 1.29 is 23.9 Å². The van der Waals surface area contributed by atoms with Gasteiger partial charge in [0.15, 0.2) is 16.5 Å². The molecule has 0 saturated heterocycles. The summed E-state index contributed by atoms with van der Waals surface area (Å²) in [4.78, 5) is 49.1. The van der Waals surface area contributed by atoms with E-state index < -0.39 is 11.9 Å². The number of rotatable bonds is 9. The third-order valence-corrected chi connectivity index (χ3v) is 10.3. The molecule has 0 fully saturated rings. The topological polar surface area (TPSA) is 121 Å². The molecule has 18 heteroatoms. The van der Waals surface area contributed by atoms with Crippen LogP contribution >= 0.6 is 109 Å². The van der Waals surface area contributed by atoms with Crippen LogP contribution in [0.2, 0.25) is 30.4 Å². The Morgan fingerprint density at radius 3 is 1.62 bits per heavy atom. The standard InChI is InChI=1S/C14H11Cl3N2O2S.C8H8BrNO2.C8H6Cl3NOS/c1-21-14(20)12-8(3-2-4-18-12)6-22-7-9-10(15)5-19-13(17)11(9)16;1-12-8(11)7-6(5-9)3-2-4-10-7;1-4(13)14-3-5-6(9)2-12-8(11)7(5)10/h2-5H,6-7H2,1H3;2-4H,5H2,1H3;2H,3H2,1H3. The molecule has 0 aromatic carbocycles. The smallest absolute Gasteiger partial charge is 0.356 e. The van der Waals surface area contributed by atoms with Crippen LogP contribution in [0.1, 0.15) is 50.2 Å². The minimum atomic E-state index is -0.459. The van der Waals surface area contributed by atoms with E-state index in [1.165, 1.54) is 45.3 Å². The van der Waals surface area contributed by atoms with Crippen LogP contribution in [0.4, 0.5) is 0 Å². The second-order valence-corrected chi connectivity index (χ2v) is 13.8. The van der Waals surface area contributed by atoms with Gasteiger partial charge in [0.1, 0.15) is 10.3 Å². The number of halogens is 7. The number of pyridine rings is 4. The van der Waals surface area contributed by atoms with E-state index in [1.54, 1.807) is 24.5 Å². The highest BCUT2D eigenvalue weighted by atomic mass is 79.9. The third-order valence-electron chi connectivity index (χ3n) is 5.66. The summed E-state index contributed by atoms with van der Waals surface area (Å²) >= 11 is 41.4. The Bertz CT molecular complexity index is 1740. The van der Waals surface area contributed by atoms with Crippen LogP contribution in [0.25, 0.3) is 0 Å². The highest BCUT2D eigenvalue weighted by Gasteiger charge is 2.15. The lowest BCUT2D eigenvalue weighted by Crippen LogP contribution is -2.07. The molecule has 0 spiro atoms. The molecule has 9 nitrogen and oxygen atoms in total. The van der Waals surface area contributed by atoms with E-state index in [9.17, 15) is 14.4 Å². The highest BCUT2D eigenvalue weighted by molar-refractivity contribution is 9.08. The molecular weight excluding hydrogens is 853 g/mol. The Balaban J connectivity index is 0.000000266. The zero-order valence-corrected chi connectivity index (χ0v) is 33.0. The quantitative estimate of drug-likeness (QED) is 0.0908. The number of aromatic nitrogens is 4. The molecule has 0 aliphatic carbocycles. The van der Waals surface area contributed by atoms with Gasteiger partial charge in [-0.1, -0.05) is 109 Å². The normalized spacial score (nSPS) is 10.2. The summed E-state index contributed by atoms with van der Waals surface area (Å²) in [5.41, 5.74) is 3.67. The van der Waals surface area contributed by atoms with E-state index in [4.69, 9.17) is 74.3 Å². The van der Waals surface area contributed by atoms with Crippen molar-refractivity contribution in [3.05, 3.63) is 113 Å². The largest absolute Gasteiger partial charge is 0.464 e. The molecule has 4 aromatic heterocycles. The number of carbonyl (C=O) groups is 3. The van der Waals surface area contributed by atoms with Crippen molar-refractivity contribution in [3.63, 3.8) is 0 Å². The molecule has 0 aliphatic rings. The van der Waals surface area contributed by atoms with Crippen molar-refractivity contribution in [1.29, 1.82) is 0 Å². The Hall–Kier alpha value is -1.87. The SMILES string of the molecule is CC(=O)SCc1c(Cl)cnc(Cl)c1Cl.COC(=O)c1ncccc1CBr.COC(=O)c1ncccc1CSCc1c(Cl)cnc(Cl)c1Cl. The third kappa shape index (κ3) is 13.1. The molecule has 0 radical (unpaired) electrons. The summed E-state index contributed by atoms with van der Waals surface area (Å²) in [6, 6.07) is 7.21. The van der Waals surface area contributed by atoms with Gasteiger partial charge >= 0.3 is 11.9 Å². The lowest BCUT2D eigenvalue weighted by Gasteiger charge is -2.09. The Kier molecular flexibility index (Phi) is 19.4. The van der Waals surface area contributed by atoms with Crippen molar-refractivity contribution in [2.24, 2.45) is 0 Å². The minimum absolute atomic E-state index is 0.00469. The van der Waals surface area contributed by atoms with Gasteiger partial charge < -0.3 is 9.47 Å². The van der Waals surface area contributed by atoms with Gasteiger partial charge in [-0.2, -0.15) is 11.8 Å². The molecule has 0 bridgehead atoms. The predicted molar refractivity (Wildman–Crippen MR) is 199 cm³/mol. The van der Waals surface area contributed by atoms with Crippen LogP contribution in [0.15, 0.2) is 49.1 Å². The van der Waals surface area contributed by atoms with Crippen LogP contribution in [-0.4, -0.2) is 51.2 Å². The average molecular weight is 878 g/mol. The van der Waals surface area contributed by atoms with E-state index >= 15 is 0 Å². The molecule has 48 heavy (non-hydrogen) atoms. The molecule has 4 rings (SSSR count). The van der Waals surface area contributed by atoms with Gasteiger partial charge in [-0.05, 0) is 23.3 Å². The van der Waals surface area contributed by atoms with Crippen molar-refractivity contribution in [3.8, 4) is 0 Å². The number of nitrogens with zero attached hydrogens (tertiary/aromatic N) is 4. The summed E-state index contributed by atoms with van der Waals surface area (Å²) < 4.78 is 9.27. The zero-order chi connectivity index (χ0) is 35.8. The molecule has 0 unspecified atom stereocenters. The first kappa shape index (κ1) is 42.3. The maximum absolute atomic E-state index is 11.7. The maximum atomic E-state index is 11.7. The van der Waals surface area contributed by atoms with Crippen molar-refractivity contribution >= 4 is 126 Å². The molecule has 0 saturated carbocycles. The van der Waals surface area contributed by atoms with E-state index in [-0.39, 0.29) is 15.4 Å². The fraction of sp³-hybridized carbons (Fsp3) is 0.233. The Morgan fingerprint density at radius 1 is 0.708 bits per heavy atom. The van der Waals surface area contributed by atoms with Gasteiger partial charge in [-0.25, -0.2) is 29.5 Å². The number of alkyl halides is 1. The summed E-state index contributed by atoms with van der Waals surface area (Å²) in [5.74, 6) is 0.652. The number of thioether (sulfide) groups is 2. The van der Waals surface area contributed by atoms with Gasteiger partial charge in [0.25, 0.3) is 0 Å². The summed E-state index contributed by atoms with van der Waals surface area (Å²) in [6.45, 7) is 1.48. The monoisotopic (exact) mass is 874 g/mol. The molecule has 0 N–H and O–H groups in total. The number of hydrogen-bond acceptors (Lipinski definition) is 11. The van der Waals surface area contributed by atoms with Crippen LogP contribution in [0.3, 0.4) is 0 Å². The lowest BCUT2D eigenvalue weighted by atomic mass is 10.2. The molecule has 0 amide bonds. The van der Waals surface area contributed by atoms with Crippen molar-refractivity contribution in [2.75, 3.05) is 14.2 Å². The summed E-state index contributed by atoms with van der Waals surface area (Å²) in [6.07, 6.45) is 6.01. The summed E-state index contributed by atoms with van der Waals surface area (Å²) in [5, 5.41) is 2.58. The van der Waals surface area contributed by atoms with E-state index in [0.29, 0.717) is 59.6 Å². The summed E-state index contributed by atoms with van der Waals surface area (Å²) in [7, 11) is 2.67. The van der Waals surface area contributed by atoms with E-state index in [2.05, 4.69) is 40.6 Å². The predicted octanol–water partition coefficient (Wildman–Crippen LogP) is 10.2. The van der Waals surface area contributed by atoms with E-state index in [1.807, 2.05) is 12.1 Å². The van der Waals surface area contributed by atoms with Crippen molar-refractivity contribution in [2.45, 2.75) is 29.5 Å². The van der Waals surface area contributed by atoms with Gasteiger partial charge in [0.2, 0.25) is 0 Å². The Morgan fingerprint density at radius 2 is 1.17 bits per heavy atom. The average Bonchev–Trinajstić information content (AvgIpc) is 3.09. The zero-order valence-electron chi connectivity index (χ0n) is 25.2. The van der Waals surface area contributed by atoms with Gasteiger partial charge in [0, 0.05) is 65.4 Å². The van der Waals surface area contributed by atoms with E-state index in [0.717, 1.165) is 28.5 Å². The number of methoxy groups -OCH3 is 2. The molecular formula is C30H25BrCl6N4O5S2. The number of carbonyl (C=O) groups excluding carboxylic acids is 3. The second-order valence-electron chi connectivity index (χ2n) is 8.79. The molecule has 4 aromatic rings. The van der Waals surface area contributed by atoms with Crippen LogP contribution < -0.4 is 0 Å². The minimum Gasteiger partial charge on any atom is -0.464 e. The van der Waals surface area contributed by atoms with Gasteiger partial charge in [0.05, 0.1) is 34.3 Å². The van der Waals surface area contributed by atoms with Crippen LogP contribution in [0, 0.1) is 0 Å². The fourth-order valence-electron chi connectivity index (χ4n) is 3.32. The maximum Gasteiger partial charge on any atom is 0.356 e. The lowest BCUT2D eigenvalue weighted by molar-refractivity contribution is -0.109. The van der Waals surface area contributed by atoms with Crippen LogP contribution in [-0.2, 0) is 36.9 Å². The Labute approximate surface area is 324 Å². The highest BCUT2D eigenvalue weighted by Crippen LogP contribution is 2.34. The van der Waals surface area contributed by atoms with Crippen LogP contribution in [0.5, 0.6) is 0 Å². The first-order valence-electron chi connectivity index (χ1n) is 13.1. The molecule has 0 atom stereocenters. The number of esters is 2. The van der Waals surface area contributed by atoms with Gasteiger partial charge in [-0.15, -0.1) is 0 Å². The fourth-order valence-corrected chi connectivity index (χ4v) is 7.07. The number of hydrogen-bond donors (Lipinski definition) is 0. The molecule has 4 heterocycles. The van der Waals surface area contributed by atoms with Crippen molar-refractivity contribution in [1.82, 2.24) is 19.9 Å². The van der Waals surface area contributed by atoms with Gasteiger partial charge in [-0.3, -0.25) is 4.79 Å². The second kappa shape index (κ2) is 22.1. The first-order valence-corrected chi connectivity index (χ1v) is 18.7. The molecule has 0 aliphatic heterocycles. The molecule has 256 valence electrons. The first-order chi connectivity index (χ1) is 22.9.